The Morgan fingerprint density at radius 1 is 1.03 bits per heavy atom. The first-order valence-corrected chi connectivity index (χ1v) is 10.8. The third-order valence-corrected chi connectivity index (χ3v) is 5.32. The number of esters is 1. The van der Waals surface area contributed by atoms with Gasteiger partial charge in [0.2, 0.25) is 0 Å². The van der Waals surface area contributed by atoms with Crippen LogP contribution in [0.1, 0.15) is 26.3 Å². The monoisotopic (exact) mass is 568 g/mol. The topological polar surface area (TPSA) is 126 Å². The summed E-state index contributed by atoms with van der Waals surface area (Å²) in [6.07, 6.45) is 1.37. The molecule has 8 nitrogen and oxygen atoms in total. The van der Waals surface area contributed by atoms with Crippen LogP contribution in [0.15, 0.2) is 72.3 Å². The van der Waals surface area contributed by atoms with E-state index < -0.39 is 17.8 Å². The summed E-state index contributed by atoms with van der Waals surface area (Å²) in [5.41, 5.74) is 1.09. The number of ether oxygens (including phenoxy) is 2. The third kappa shape index (κ3) is 5.99. The minimum Gasteiger partial charge on any atom is -0.493 e. The first kappa shape index (κ1) is 24.5. The zero-order valence-corrected chi connectivity index (χ0v) is 19.9. The average Bonchev–Trinajstić information content (AvgIpc) is 2.84. The summed E-state index contributed by atoms with van der Waals surface area (Å²) in [5, 5.41) is 21.0. The smallest absolute Gasteiger partial charge is 0.343 e. The van der Waals surface area contributed by atoms with Gasteiger partial charge in [0.1, 0.15) is 11.6 Å². The molecule has 0 unspecified atom stereocenters. The highest BCUT2D eigenvalue weighted by atomic mass is 127. The van der Waals surface area contributed by atoms with E-state index in [1.54, 1.807) is 42.5 Å². The molecule has 0 atom stereocenters. The number of hydrogen-bond acceptors (Lipinski definition) is 6. The van der Waals surface area contributed by atoms with Crippen LogP contribution < -0.4 is 14.8 Å². The number of methoxy groups -OCH3 is 1. The number of carboxylic acid groups (broad SMARTS) is 1. The minimum absolute atomic E-state index is 0.0729. The fourth-order valence-electron chi connectivity index (χ4n) is 2.86. The Hall–Kier alpha value is -4.17. The largest absolute Gasteiger partial charge is 0.493 e. The lowest BCUT2D eigenvalue weighted by molar-refractivity contribution is -0.112. The SMILES string of the molecule is COc1cc(/C=C(\C#N)C(=O)Nc2ccc(C(=O)O)cc2)cc(I)c1OC(=O)c1ccccc1. The predicted octanol–water partition coefficient (Wildman–Crippen LogP) is 4.76. The van der Waals surface area contributed by atoms with Crippen LogP contribution in [-0.4, -0.2) is 30.1 Å². The van der Waals surface area contributed by atoms with Crippen molar-refractivity contribution in [1.29, 1.82) is 5.26 Å². The number of carboxylic acids is 1. The van der Waals surface area contributed by atoms with Crippen LogP contribution in [0.3, 0.4) is 0 Å². The molecule has 0 aliphatic heterocycles. The molecule has 0 radical (unpaired) electrons. The maximum Gasteiger partial charge on any atom is 0.343 e. The molecular formula is C25H17IN2O6. The molecule has 3 aromatic rings. The Morgan fingerprint density at radius 2 is 1.71 bits per heavy atom. The van der Waals surface area contributed by atoms with Crippen LogP contribution in [0, 0.1) is 14.9 Å². The first-order chi connectivity index (χ1) is 16.3. The van der Waals surface area contributed by atoms with E-state index >= 15 is 0 Å². The van der Waals surface area contributed by atoms with Crippen LogP contribution in [-0.2, 0) is 4.79 Å². The normalized spacial score (nSPS) is 10.7. The highest BCUT2D eigenvalue weighted by molar-refractivity contribution is 14.1. The van der Waals surface area contributed by atoms with Crippen molar-refractivity contribution in [2.24, 2.45) is 0 Å². The summed E-state index contributed by atoms with van der Waals surface area (Å²) >= 11 is 1.97. The number of aromatic carboxylic acids is 1. The molecule has 0 aromatic heterocycles. The molecule has 2 N–H and O–H groups in total. The van der Waals surface area contributed by atoms with Gasteiger partial charge in [0, 0.05) is 5.69 Å². The van der Waals surface area contributed by atoms with Crippen molar-refractivity contribution in [2.45, 2.75) is 0 Å². The highest BCUT2D eigenvalue weighted by Crippen LogP contribution is 2.35. The molecule has 3 aromatic carbocycles. The van der Waals surface area contributed by atoms with Gasteiger partial charge in [-0.15, -0.1) is 0 Å². The Morgan fingerprint density at radius 3 is 2.29 bits per heavy atom. The van der Waals surface area contributed by atoms with Gasteiger partial charge in [-0.2, -0.15) is 5.26 Å². The van der Waals surface area contributed by atoms with Gasteiger partial charge in [-0.1, -0.05) is 18.2 Å². The van der Waals surface area contributed by atoms with Crippen molar-refractivity contribution < 1.29 is 29.0 Å². The zero-order chi connectivity index (χ0) is 24.7. The van der Waals surface area contributed by atoms with E-state index in [9.17, 15) is 19.6 Å². The van der Waals surface area contributed by atoms with Gasteiger partial charge in [0.25, 0.3) is 5.91 Å². The van der Waals surface area contributed by atoms with Gasteiger partial charge in [-0.3, -0.25) is 4.79 Å². The predicted molar refractivity (Wildman–Crippen MR) is 133 cm³/mol. The van der Waals surface area contributed by atoms with Crippen LogP contribution in [0.4, 0.5) is 5.69 Å². The number of halogens is 1. The Bertz CT molecular complexity index is 1310. The summed E-state index contributed by atoms with van der Waals surface area (Å²) in [6.45, 7) is 0. The number of nitriles is 1. The summed E-state index contributed by atoms with van der Waals surface area (Å²) in [7, 11) is 1.41. The van der Waals surface area contributed by atoms with E-state index in [0.29, 0.717) is 20.4 Å². The average molecular weight is 568 g/mol. The number of amides is 1. The molecule has 170 valence electrons. The molecule has 0 fully saturated rings. The van der Waals surface area contributed by atoms with Gasteiger partial charge in [0.05, 0.1) is 21.8 Å². The molecule has 0 spiro atoms. The van der Waals surface area contributed by atoms with Crippen molar-refractivity contribution in [1.82, 2.24) is 0 Å². The maximum absolute atomic E-state index is 12.6. The summed E-state index contributed by atoms with van der Waals surface area (Å²) < 4.78 is 11.4. The third-order valence-electron chi connectivity index (χ3n) is 4.52. The second kappa shape index (κ2) is 11.1. The first-order valence-electron chi connectivity index (χ1n) is 9.73. The fraction of sp³-hybridized carbons (Fsp3) is 0.0400. The molecular weight excluding hydrogens is 551 g/mol. The van der Waals surface area contributed by atoms with Crippen molar-refractivity contribution in [2.75, 3.05) is 12.4 Å². The van der Waals surface area contributed by atoms with Gasteiger partial charge in [0.15, 0.2) is 11.5 Å². The second-order valence-corrected chi connectivity index (χ2v) is 7.96. The van der Waals surface area contributed by atoms with Crippen LogP contribution >= 0.6 is 22.6 Å². The summed E-state index contributed by atoms with van der Waals surface area (Å²) in [6, 6.07) is 19.1. The molecule has 0 saturated carbocycles. The van der Waals surface area contributed by atoms with Crippen molar-refractivity contribution in [3.05, 3.63) is 92.6 Å². The number of nitrogens with zero attached hydrogens (tertiary/aromatic N) is 1. The van der Waals surface area contributed by atoms with E-state index in [0.717, 1.165) is 0 Å². The molecule has 0 heterocycles. The molecule has 3 rings (SSSR count). The number of rotatable bonds is 7. The lowest BCUT2D eigenvalue weighted by atomic mass is 10.1. The van der Waals surface area contributed by atoms with E-state index in [2.05, 4.69) is 5.32 Å². The van der Waals surface area contributed by atoms with Crippen LogP contribution in [0.5, 0.6) is 11.5 Å². The molecule has 0 aliphatic carbocycles. The number of nitrogens with one attached hydrogen (secondary N) is 1. The standard InChI is InChI=1S/C25H17IN2O6/c1-33-21-13-15(12-20(26)22(21)34-25(32)17-5-3-2-4-6-17)11-18(14-27)23(29)28-19-9-7-16(8-10-19)24(30)31/h2-13H,1H3,(H,28,29)(H,30,31)/b18-11+. The van der Waals surface area contributed by atoms with E-state index in [1.165, 1.54) is 37.5 Å². The number of benzene rings is 3. The molecule has 0 bridgehead atoms. The lowest BCUT2D eigenvalue weighted by Crippen LogP contribution is -2.13. The van der Waals surface area contributed by atoms with Gasteiger partial charge < -0.3 is 19.9 Å². The Kier molecular flexibility index (Phi) is 8.00. The van der Waals surface area contributed by atoms with Crippen molar-refractivity contribution in [3.8, 4) is 17.6 Å². The quantitative estimate of drug-likeness (QED) is 0.138. The van der Waals surface area contributed by atoms with Crippen LogP contribution in [0.25, 0.3) is 6.08 Å². The number of carbonyl (C=O) groups is 3. The number of carbonyl (C=O) groups excluding carboxylic acids is 2. The fourth-order valence-corrected chi connectivity index (χ4v) is 3.59. The van der Waals surface area contributed by atoms with E-state index in [-0.39, 0.29) is 22.6 Å². The highest BCUT2D eigenvalue weighted by Gasteiger charge is 2.18. The summed E-state index contributed by atoms with van der Waals surface area (Å²) in [4.78, 5) is 35.9. The molecule has 0 saturated heterocycles. The lowest BCUT2D eigenvalue weighted by Gasteiger charge is -2.12. The molecule has 1 amide bonds. The number of hydrogen-bond donors (Lipinski definition) is 2. The van der Waals surface area contributed by atoms with Gasteiger partial charge in [-0.25, -0.2) is 9.59 Å². The van der Waals surface area contributed by atoms with E-state index in [4.69, 9.17) is 14.6 Å². The number of anilines is 1. The van der Waals surface area contributed by atoms with Crippen molar-refractivity contribution in [3.63, 3.8) is 0 Å². The van der Waals surface area contributed by atoms with Crippen molar-refractivity contribution >= 4 is 52.2 Å². The summed E-state index contributed by atoms with van der Waals surface area (Å²) in [5.74, 6) is -1.83. The molecule has 9 heteroatoms. The van der Waals surface area contributed by atoms with E-state index in [1.807, 2.05) is 28.7 Å². The zero-order valence-electron chi connectivity index (χ0n) is 17.7. The minimum atomic E-state index is -1.09. The molecule has 0 aliphatic rings. The van der Waals surface area contributed by atoms with Crippen LogP contribution in [0.2, 0.25) is 0 Å². The van der Waals surface area contributed by atoms with Gasteiger partial charge >= 0.3 is 11.9 Å². The van der Waals surface area contributed by atoms with Gasteiger partial charge in [-0.05, 0) is 82.8 Å². The molecule has 34 heavy (non-hydrogen) atoms. The maximum atomic E-state index is 12.6. The Balaban J connectivity index is 1.83. The second-order valence-electron chi connectivity index (χ2n) is 6.80. The Labute approximate surface area is 208 Å².